The number of hydrogen-bond donors (Lipinski definition) is 1. The summed E-state index contributed by atoms with van der Waals surface area (Å²) in [5.41, 5.74) is 0. The first-order valence-corrected chi connectivity index (χ1v) is 8.40. The van der Waals surface area contributed by atoms with E-state index in [1.165, 1.54) is 23.3 Å². The van der Waals surface area contributed by atoms with Crippen molar-refractivity contribution < 1.29 is 27.2 Å². The molecule has 0 saturated carbocycles. The minimum Gasteiger partial charge on any atom is -0.465 e. The zero-order chi connectivity index (χ0) is 19.0. The van der Waals surface area contributed by atoms with Crippen LogP contribution in [0.25, 0.3) is 6.08 Å². The first-order chi connectivity index (χ1) is 12.3. The van der Waals surface area contributed by atoms with Gasteiger partial charge in [0.1, 0.15) is 5.76 Å². The Bertz CT molecular complexity index is 615. The highest BCUT2D eigenvalue weighted by atomic mass is 19.4. The SMILES string of the molecule is O=C(/C=C/c1ccco1)NCCC(=O)N1CCCN(CC(F)(F)F)CC1. The largest absolute Gasteiger partial charge is 0.465 e. The molecule has 1 aromatic heterocycles. The van der Waals surface area contributed by atoms with Gasteiger partial charge in [0.05, 0.1) is 12.8 Å². The van der Waals surface area contributed by atoms with Crippen LogP contribution in [0.5, 0.6) is 0 Å². The summed E-state index contributed by atoms with van der Waals surface area (Å²) >= 11 is 0. The number of nitrogens with zero attached hydrogens (tertiary/aromatic N) is 2. The molecule has 6 nitrogen and oxygen atoms in total. The maximum atomic E-state index is 12.4. The Morgan fingerprint density at radius 2 is 2.04 bits per heavy atom. The second-order valence-electron chi connectivity index (χ2n) is 6.02. The monoisotopic (exact) mass is 373 g/mol. The second kappa shape index (κ2) is 9.42. The van der Waals surface area contributed by atoms with Gasteiger partial charge >= 0.3 is 6.18 Å². The molecule has 1 N–H and O–H groups in total. The van der Waals surface area contributed by atoms with Crippen molar-refractivity contribution in [3.8, 4) is 0 Å². The molecule has 0 unspecified atom stereocenters. The average molecular weight is 373 g/mol. The highest BCUT2D eigenvalue weighted by Gasteiger charge is 2.31. The molecule has 0 aromatic carbocycles. The first-order valence-electron chi connectivity index (χ1n) is 8.40. The summed E-state index contributed by atoms with van der Waals surface area (Å²) in [6.07, 6.45) is 0.699. The van der Waals surface area contributed by atoms with Gasteiger partial charge in [-0.3, -0.25) is 14.5 Å². The fourth-order valence-corrected chi connectivity index (χ4v) is 2.69. The van der Waals surface area contributed by atoms with Crippen LogP contribution in [0.15, 0.2) is 28.9 Å². The van der Waals surface area contributed by atoms with Crippen LogP contribution in [-0.2, 0) is 9.59 Å². The number of alkyl halides is 3. The van der Waals surface area contributed by atoms with Gasteiger partial charge in [0, 0.05) is 45.2 Å². The number of amides is 2. The number of furan rings is 1. The van der Waals surface area contributed by atoms with Gasteiger partial charge in [-0.15, -0.1) is 0 Å². The van der Waals surface area contributed by atoms with Crippen LogP contribution in [0.4, 0.5) is 13.2 Å². The van der Waals surface area contributed by atoms with Gasteiger partial charge in [-0.25, -0.2) is 0 Å². The molecule has 0 atom stereocenters. The maximum absolute atomic E-state index is 12.4. The summed E-state index contributed by atoms with van der Waals surface area (Å²) in [4.78, 5) is 26.7. The van der Waals surface area contributed by atoms with E-state index in [2.05, 4.69) is 5.32 Å². The number of hydrogen-bond acceptors (Lipinski definition) is 4. The highest BCUT2D eigenvalue weighted by molar-refractivity contribution is 5.91. The summed E-state index contributed by atoms with van der Waals surface area (Å²) < 4.78 is 42.4. The molecule has 1 aliphatic rings. The summed E-state index contributed by atoms with van der Waals surface area (Å²) in [6, 6.07) is 3.40. The zero-order valence-corrected chi connectivity index (χ0v) is 14.3. The molecular weight excluding hydrogens is 351 g/mol. The van der Waals surface area contributed by atoms with Gasteiger partial charge in [0.25, 0.3) is 0 Å². The van der Waals surface area contributed by atoms with Crippen LogP contribution in [0.2, 0.25) is 0 Å². The van der Waals surface area contributed by atoms with Crippen molar-refractivity contribution in [1.29, 1.82) is 0 Å². The fraction of sp³-hybridized carbons (Fsp3) is 0.529. The normalized spacial score (nSPS) is 16.7. The lowest BCUT2D eigenvalue weighted by Gasteiger charge is -2.22. The summed E-state index contributed by atoms with van der Waals surface area (Å²) in [5, 5.41) is 2.60. The van der Waals surface area contributed by atoms with E-state index in [0.29, 0.717) is 25.3 Å². The Morgan fingerprint density at radius 1 is 1.23 bits per heavy atom. The molecule has 9 heteroatoms. The number of nitrogens with one attached hydrogen (secondary N) is 1. The topological polar surface area (TPSA) is 65.8 Å². The van der Waals surface area contributed by atoms with E-state index in [1.807, 2.05) is 0 Å². The minimum atomic E-state index is -4.23. The Kier molecular flexibility index (Phi) is 7.26. The molecule has 0 spiro atoms. The third-order valence-electron chi connectivity index (χ3n) is 3.92. The van der Waals surface area contributed by atoms with Gasteiger partial charge in [-0.1, -0.05) is 0 Å². The third kappa shape index (κ3) is 7.30. The lowest BCUT2D eigenvalue weighted by Crippen LogP contribution is -2.39. The van der Waals surface area contributed by atoms with Crippen LogP contribution in [0.1, 0.15) is 18.6 Å². The molecule has 0 bridgehead atoms. The summed E-state index contributed by atoms with van der Waals surface area (Å²) in [5.74, 6) is 0.0276. The van der Waals surface area contributed by atoms with Crippen molar-refractivity contribution in [3.05, 3.63) is 30.2 Å². The van der Waals surface area contributed by atoms with Gasteiger partial charge in [-0.2, -0.15) is 13.2 Å². The maximum Gasteiger partial charge on any atom is 0.401 e. The van der Waals surface area contributed by atoms with E-state index in [4.69, 9.17) is 4.42 Å². The highest BCUT2D eigenvalue weighted by Crippen LogP contribution is 2.17. The van der Waals surface area contributed by atoms with E-state index in [-0.39, 0.29) is 37.9 Å². The minimum absolute atomic E-state index is 0.111. The number of carbonyl (C=O) groups excluding carboxylic acids is 2. The molecule has 144 valence electrons. The van der Waals surface area contributed by atoms with Crippen LogP contribution in [-0.4, -0.2) is 67.1 Å². The summed E-state index contributed by atoms with van der Waals surface area (Å²) in [7, 11) is 0. The van der Waals surface area contributed by atoms with E-state index in [1.54, 1.807) is 17.0 Å². The molecular formula is C17H22F3N3O3. The molecule has 0 aliphatic carbocycles. The van der Waals surface area contributed by atoms with Crippen molar-refractivity contribution in [1.82, 2.24) is 15.1 Å². The zero-order valence-electron chi connectivity index (χ0n) is 14.3. The lowest BCUT2D eigenvalue weighted by molar-refractivity contribution is -0.145. The van der Waals surface area contributed by atoms with Crippen LogP contribution >= 0.6 is 0 Å². The van der Waals surface area contributed by atoms with Crippen molar-refractivity contribution in [2.24, 2.45) is 0 Å². The summed E-state index contributed by atoms with van der Waals surface area (Å²) in [6.45, 7) is 0.428. The molecule has 26 heavy (non-hydrogen) atoms. The molecule has 2 amide bonds. The molecule has 1 aliphatic heterocycles. The van der Waals surface area contributed by atoms with Crippen molar-refractivity contribution >= 4 is 17.9 Å². The molecule has 1 fully saturated rings. The van der Waals surface area contributed by atoms with Gasteiger partial charge < -0.3 is 14.6 Å². The average Bonchev–Trinajstić information content (AvgIpc) is 2.98. The van der Waals surface area contributed by atoms with Crippen LogP contribution in [0.3, 0.4) is 0 Å². The quantitative estimate of drug-likeness (QED) is 0.774. The van der Waals surface area contributed by atoms with Gasteiger partial charge in [-0.05, 0) is 24.6 Å². The van der Waals surface area contributed by atoms with Crippen molar-refractivity contribution in [2.75, 3.05) is 39.3 Å². The first kappa shape index (κ1) is 20.0. The third-order valence-corrected chi connectivity index (χ3v) is 3.92. The number of rotatable bonds is 6. The Labute approximate surface area is 149 Å². The smallest absolute Gasteiger partial charge is 0.401 e. The van der Waals surface area contributed by atoms with E-state index in [9.17, 15) is 22.8 Å². The van der Waals surface area contributed by atoms with Gasteiger partial charge in [0.15, 0.2) is 0 Å². The van der Waals surface area contributed by atoms with E-state index < -0.39 is 12.7 Å². The fourth-order valence-electron chi connectivity index (χ4n) is 2.69. The molecule has 0 radical (unpaired) electrons. The van der Waals surface area contributed by atoms with Crippen LogP contribution in [0, 0.1) is 0 Å². The van der Waals surface area contributed by atoms with Gasteiger partial charge in [0.2, 0.25) is 11.8 Å². The van der Waals surface area contributed by atoms with E-state index in [0.717, 1.165) is 0 Å². The predicted octanol–water partition coefficient (Wildman–Crippen LogP) is 1.90. The molecule has 2 heterocycles. The predicted molar refractivity (Wildman–Crippen MR) is 89.1 cm³/mol. The molecule has 1 saturated heterocycles. The molecule has 1 aromatic rings. The van der Waals surface area contributed by atoms with E-state index >= 15 is 0 Å². The second-order valence-corrected chi connectivity index (χ2v) is 6.02. The number of halogens is 3. The standard InChI is InChI=1S/C17H22F3N3O3/c18-17(19,20)13-22-8-2-9-23(11-10-22)16(25)6-7-21-15(24)5-4-14-3-1-12-26-14/h1,3-5,12H,2,6-11,13H2,(H,21,24)/b5-4+. The van der Waals surface area contributed by atoms with Crippen molar-refractivity contribution in [3.63, 3.8) is 0 Å². The van der Waals surface area contributed by atoms with Crippen molar-refractivity contribution in [2.45, 2.75) is 19.0 Å². The van der Waals surface area contributed by atoms with Crippen LogP contribution < -0.4 is 5.32 Å². The molecule has 2 rings (SSSR count). The lowest BCUT2D eigenvalue weighted by atomic mass is 10.3. The Morgan fingerprint density at radius 3 is 2.73 bits per heavy atom. The number of carbonyl (C=O) groups is 2. The Balaban J connectivity index is 1.68. The Hall–Kier alpha value is -2.29.